The van der Waals surface area contributed by atoms with Gasteiger partial charge in [0.2, 0.25) is 0 Å². The van der Waals surface area contributed by atoms with Crippen LogP contribution in [-0.4, -0.2) is 16.5 Å². The molecule has 0 amide bonds. The Hall–Kier alpha value is -0.390. The van der Waals surface area contributed by atoms with Gasteiger partial charge in [0.05, 0.1) is 9.26 Å². The van der Waals surface area contributed by atoms with Crippen LogP contribution in [0.2, 0.25) is 0 Å². The molecule has 0 unspecified atom stereocenters. The van der Waals surface area contributed by atoms with Crippen LogP contribution in [0.25, 0.3) is 0 Å². The lowest BCUT2D eigenvalue weighted by Crippen LogP contribution is -2.09. The second kappa shape index (κ2) is 5.29. The Morgan fingerprint density at radius 2 is 2.06 bits per heavy atom. The second-order valence-corrected chi connectivity index (χ2v) is 5.36. The van der Waals surface area contributed by atoms with Crippen molar-refractivity contribution in [3.63, 3.8) is 0 Å². The zero-order chi connectivity index (χ0) is 11.5. The molecule has 0 bridgehead atoms. The first kappa shape index (κ1) is 12.1. The van der Waals surface area contributed by atoms with E-state index in [4.69, 9.17) is 0 Å². The van der Waals surface area contributed by atoms with E-state index in [1.54, 1.807) is 0 Å². The first-order chi connectivity index (χ1) is 7.74. The third-order valence-corrected chi connectivity index (χ3v) is 3.95. The van der Waals surface area contributed by atoms with Crippen molar-refractivity contribution in [2.75, 3.05) is 11.9 Å². The Morgan fingerprint density at radius 3 is 2.62 bits per heavy atom. The van der Waals surface area contributed by atoms with Gasteiger partial charge in [-0.25, -0.2) is 9.97 Å². The third-order valence-electron chi connectivity index (χ3n) is 2.81. The Labute approximate surface area is 111 Å². The van der Waals surface area contributed by atoms with Gasteiger partial charge >= 0.3 is 0 Å². The SMILES string of the molecule is CCNc1nc(CC2CC2)nc(CC)c1I. The van der Waals surface area contributed by atoms with Crippen molar-refractivity contribution < 1.29 is 0 Å². The first-order valence-electron chi connectivity index (χ1n) is 6.03. The highest BCUT2D eigenvalue weighted by atomic mass is 127. The highest BCUT2D eigenvalue weighted by Crippen LogP contribution is 2.32. The quantitative estimate of drug-likeness (QED) is 0.843. The highest BCUT2D eigenvalue weighted by Gasteiger charge is 2.23. The van der Waals surface area contributed by atoms with E-state index < -0.39 is 0 Å². The highest BCUT2D eigenvalue weighted by molar-refractivity contribution is 14.1. The number of halogens is 1. The van der Waals surface area contributed by atoms with E-state index >= 15 is 0 Å². The molecule has 1 aliphatic rings. The van der Waals surface area contributed by atoms with Crippen molar-refractivity contribution in [1.29, 1.82) is 0 Å². The summed E-state index contributed by atoms with van der Waals surface area (Å²) < 4.78 is 1.18. The lowest BCUT2D eigenvalue weighted by atomic mass is 10.2. The minimum atomic E-state index is 0.847. The molecule has 1 N–H and O–H groups in total. The van der Waals surface area contributed by atoms with Crippen molar-refractivity contribution in [1.82, 2.24) is 9.97 Å². The molecule has 1 aromatic heterocycles. The number of hydrogen-bond donors (Lipinski definition) is 1. The van der Waals surface area contributed by atoms with Crippen LogP contribution in [0.5, 0.6) is 0 Å². The van der Waals surface area contributed by atoms with Gasteiger partial charge in [-0.05, 0) is 54.7 Å². The van der Waals surface area contributed by atoms with E-state index in [2.05, 4.69) is 51.7 Å². The summed E-state index contributed by atoms with van der Waals surface area (Å²) in [4.78, 5) is 9.28. The first-order valence-corrected chi connectivity index (χ1v) is 7.11. The molecule has 0 radical (unpaired) electrons. The van der Waals surface area contributed by atoms with E-state index in [0.717, 1.165) is 36.9 Å². The number of anilines is 1. The van der Waals surface area contributed by atoms with Crippen molar-refractivity contribution >= 4 is 28.4 Å². The van der Waals surface area contributed by atoms with Crippen molar-refractivity contribution in [3.8, 4) is 0 Å². The fourth-order valence-electron chi connectivity index (χ4n) is 1.73. The van der Waals surface area contributed by atoms with Gasteiger partial charge in [-0.15, -0.1) is 0 Å². The predicted octanol–water partition coefficient (Wildman–Crippen LogP) is 3.03. The van der Waals surface area contributed by atoms with Gasteiger partial charge in [0.15, 0.2) is 0 Å². The summed E-state index contributed by atoms with van der Waals surface area (Å²) in [6, 6.07) is 0. The predicted molar refractivity (Wildman–Crippen MR) is 74.7 cm³/mol. The monoisotopic (exact) mass is 331 g/mol. The summed E-state index contributed by atoms with van der Waals surface area (Å²) in [5.41, 5.74) is 1.18. The van der Waals surface area contributed by atoms with Gasteiger partial charge in [-0.2, -0.15) is 0 Å². The van der Waals surface area contributed by atoms with Gasteiger partial charge in [0.25, 0.3) is 0 Å². The molecule has 1 aliphatic carbocycles. The molecule has 0 aliphatic heterocycles. The summed E-state index contributed by atoms with van der Waals surface area (Å²) in [5.74, 6) is 2.89. The Morgan fingerprint density at radius 1 is 1.31 bits per heavy atom. The largest absolute Gasteiger partial charge is 0.369 e. The van der Waals surface area contributed by atoms with E-state index in [1.165, 1.54) is 22.1 Å². The van der Waals surface area contributed by atoms with Crippen LogP contribution in [0.1, 0.15) is 38.2 Å². The average molecular weight is 331 g/mol. The summed E-state index contributed by atoms with van der Waals surface area (Å²) >= 11 is 2.34. The molecule has 2 rings (SSSR count). The van der Waals surface area contributed by atoms with Crippen LogP contribution >= 0.6 is 22.6 Å². The van der Waals surface area contributed by atoms with Gasteiger partial charge in [-0.3, -0.25) is 0 Å². The molecule has 4 heteroatoms. The van der Waals surface area contributed by atoms with Crippen molar-refractivity contribution in [2.24, 2.45) is 5.92 Å². The maximum atomic E-state index is 4.66. The fraction of sp³-hybridized carbons (Fsp3) is 0.667. The standard InChI is InChI=1S/C12H18IN3/c1-3-9-11(13)12(14-4-2)16-10(15-9)7-8-5-6-8/h8H,3-7H2,1-2H3,(H,14,15,16). The topological polar surface area (TPSA) is 37.8 Å². The maximum Gasteiger partial charge on any atom is 0.143 e. The smallest absolute Gasteiger partial charge is 0.143 e. The van der Waals surface area contributed by atoms with E-state index in [1.807, 2.05) is 0 Å². The lowest BCUT2D eigenvalue weighted by Gasteiger charge is -2.11. The molecular weight excluding hydrogens is 313 g/mol. The van der Waals surface area contributed by atoms with E-state index in [0.29, 0.717) is 0 Å². The number of nitrogens with one attached hydrogen (secondary N) is 1. The minimum absolute atomic E-state index is 0.847. The average Bonchev–Trinajstić information content (AvgIpc) is 3.07. The molecule has 0 saturated heterocycles. The van der Waals surface area contributed by atoms with Crippen LogP contribution in [0, 0.1) is 9.49 Å². The van der Waals surface area contributed by atoms with E-state index in [9.17, 15) is 0 Å². The van der Waals surface area contributed by atoms with Gasteiger partial charge < -0.3 is 5.32 Å². The molecule has 0 aromatic carbocycles. The van der Waals surface area contributed by atoms with Gasteiger partial charge in [0.1, 0.15) is 11.6 Å². The molecule has 1 heterocycles. The van der Waals surface area contributed by atoms with Crippen molar-refractivity contribution in [3.05, 3.63) is 15.1 Å². The van der Waals surface area contributed by atoms with Crippen LogP contribution in [0.3, 0.4) is 0 Å². The number of aromatic nitrogens is 2. The molecule has 88 valence electrons. The van der Waals surface area contributed by atoms with Crippen LogP contribution < -0.4 is 5.32 Å². The van der Waals surface area contributed by atoms with Crippen LogP contribution in [0.4, 0.5) is 5.82 Å². The summed E-state index contributed by atoms with van der Waals surface area (Å²) in [5, 5.41) is 3.33. The Kier molecular flexibility index (Phi) is 4.00. The summed E-state index contributed by atoms with van der Waals surface area (Å²) in [6.07, 6.45) is 4.75. The molecule has 0 atom stereocenters. The molecule has 1 aromatic rings. The maximum absolute atomic E-state index is 4.66. The number of nitrogens with zero attached hydrogens (tertiary/aromatic N) is 2. The second-order valence-electron chi connectivity index (χ2n) is 4.28. The Bertz CT molecular complexity index is 375. The molecule has 0 spiro atoms. The zero-order valence-electron chi connectivity index (χ0n) is 9.89. The van der Waals surface area contributed by atoms with Crippen LogP contribution in [-0.2, 0) is 12.8 Å². The molecule has 1 fully saturated rings. The van der Waals surface area contributed by atoms with Gasteiger partial charge in [0, 0.05) is 13.0 Å². The van der Waals surface area contributed by atoms with Gasteiger partial charge in [-0.1, -0.05) is 6.92 Å². The Balaban J connectivity index is 2.26. The number of hydrogen-bond acceptors (Lipinski definition) is 3. The number of rotatable bonds is 5. The normalized spacial score (nSPS) is 15.2. The lowest BCUT2D eigenvalue weighted by molar-refractivity contribution is 0.755. The van der Waals surface area contributed by atoms with Crippen LogP contribution in [0.15, 0.2) is 0 Å². The molecule has 16 heavy (non-hydrogen) atoms. The summed E-state index contributed by atoms with van der Waals surface area (Å²) in [6.45, 7) is 5.17. The van der Waals surface area contributed by atoms with E-state index in [-0.39, 0.29) is 0 Å². The fourth-order valence-corrected chi connectivity index (χ4v) is 2.55. The molecule has 1 saturated carbocycles. The third kappa shape index (κ3) is 2.84. The van der Waals surface area contributed by atoms with Crippen molar-refractivity contribution in [2.45, 2.75) is 39.5 Å². The minimum Gasteiger partial charge on any atom is -0.369 e. The summed E-state index contributed by atoms with van der Waals surface area (Å²) in [7, 11) is 0. The number of aryl methyl sites for hydroxylation is 1. The molecule has 3 nitrogen and oxygen atoms in total. The zero-order valence-corrected chi connectivity index (χ0v) is 12.0. The molecular formula is C12H18IN3.